The Morgan fingerprint density at radius 1 is 1.14 bits per heavy atom. The van der Waals surface area contributed by atoms with Crippen molar-refractivity contribution in [2.24, 2.45) is 0 Å². The fourth-order valence-electron chi connectivity index (χ4n) is 2.12. The van der Waals surface area contributed by atoms with Gasteiger partial charge < -0.3 is 16.0 Å². The Bertz CT molecular complexity index is 1010. The molecule has 10 heteroatoms. The van der Waals surface area contributed by atoms with Crippen molar-refractivity contribution in [1.82, 2.24) is 0 Å². The van der Waals surface area contributed by atoms with Crippen LogP contribution in [-0.4, -0.2) is 16.7 Å². The summed E-state index contributed by atoms with van der Waals surface area (Å²) < 4.78 is 0. The van der Waals surface area contributed by atoms with E-state index in [9.17, 15) is 25.0 Å². The summed E-state index contributed by atoms with van der Waals surface area (Å²) in [4.78, 5) is 33.6. The summed E-state index contributed by atoms with van der Waals surface area (Å²) in [5, 5.41) is 27.8. The van der Waals surface area contributed by atoms with E-state index in [2.05, 4.69) is 16.0 Å². The van der Waals surface area contributed by atoms with Crippen LogP contribution in [-0.2, 0) is 9.59 Å². The maximum atomic E-state index is 12.2. The number of nitro groups is 1. The molecule has 0 saturated carbocycles. The molecule has 0 heterocycles. The second-order valence-corrected chi connectivity index (χ2v) is 5.86. The van der Waals surface area contributed by atoms with Crippen LogP contribution in [0, 0.1) is 21.4 Å². The van der Waals surface area contributed by atoms with Crippen molar-refractivity contribution in [3.8, 4) is 6.07 Å². The van der Waals surface area contributed by atoms with Gasteiger partial charge in [0.15, 0.2) is 0 Å². The number of nitriles is 1. The van der Waals surface area contributed by atoms with Gasteiger partial charge in [0.1, 0.15) is 16.7 Å². The predicted octanol–water partition coefficient (Wildman–Crippen LogP) is 3.66. The Hall–Kier alpha value is -3.90. The Balaban J connectivity index is 2.13. The molecule has 0 aliphatic carbocycles. The molecule has 0 aliphatic rings. The van der Waals surface area contributed by atoms with Gasteiger partial charge in [0.05, 0.1) is 4.92 Å². The predicted molar refractivity (Wildman–Crippen MR) is 105 cm³/mol. The number of nitrogens with zero attached hydrogens (tertiary/aromatic N) is 2. The molecule has 0 radical (unpaired) electrons. The first-order valence-corrected chi connectivity index (χ1v) is 8.17. The van der Waals surface area contributed by atoms with E-state index >= 15 is 0 Å². The number of hydrogen-bond donors (Lipinski definition) is 3. The van der Waals surface area contributed by atoms with Crippen LogP contribution in [0.15, 0.2) is 54.2 Å². The van der Waals surface area contributed by atoms with E-state index in [4.69, 9.17) is 11.6 Å². The number of halogens is 1. The van der Waals surface area contributed by atoms with Crippen molar-refractivity contribution in [3.05, 3.63) is 69.4 Å². The lowest BCUT2D eigenvalue weighted by Gasteiger charge is -2.07. The Morgan fingerprint density at radius 3 is 2.46 bits per heavy atom. The van der Waals surface area contributed by atoms with E-state index < -0.39 is 10.8 Å². The molecule has 28 heavy (non-hydrogen) atoms. The summed E-state index contributed by atoms with van der Waals surface area (Å²) in [6.07, 6.45) is 1.19. The monoisotopic (exact) mass is 399 g/mol. The van der Waals surface area contributed by atoms with Crippen LogP contribution >= 0.6 is 11.6 Å². The topological polar surface area (TPSA) is 137 Å². The van der Waals surface area contributed by atoms with Crippen LogP contribution in [0.2, 0.25) is 5.02 Å². The summed E-state index contributed by atoms with van der Waals surface area (Å²) in [6, 6.07) is 12.2. The first-order valence-electron chi connectivity index (χ1n) is 7.80. The van der Waals surface area contributed by atoms with Crippen molar-refractivity contribution < 1.29 is 14.5 Å². The maximum absolute atomic E-state index is 12.2. The van der Waals surface area contributed by atoms with Crippen LogP contribution in [0.4, 0.5) is 22.7 Å². The molecular formula is C18H14ClN5O4. The van der Waals surface area contributed by atoms with Gasteiger partial charge in [0.2, 0.25) is 5.91 Å². The quantitative estimate of drug-likeness (QED) is 0.293. The lowest BCUT2D eigenvalue weighted by Crippen LogP contribution is -2.14. The Kier molecular flexibility index (Phi) is 6.68. The lowest BCUT2D eigenvalue weighted by molar-refractivity contribution is -0.384. The molecular weight excluding hydrogens is 386 g/mol. The van der Waals surface area contributed by atoms with Crippen molar-refractivity contribution in [1.29, 1.82) is 5.26 Å². The highest BCUT2D eigenvalue weighted by Crippen LogP contribution is 2.27. The molecule has 0 atom stereocenters. The van der Waals surface area contributed by atoms with Gasteiger partial charge in [-0.2, -0.15) is 5.26 Å². The van der Waals surface area contributed by atoms with Gasteiger partial charge in [-0.3, -0.25) is 19.7 Å². The third-order valence-corrected chi connectivity index (χ3v) is 3.65. The highest BCUT2D eigenvalue weighted by atomic mass is 35.5. The zero-order valence-electron chi connectivity index (χ0n) is 14.5. The molecule has 9 nitrogen and oxygen atoms in total. The minimum Gasteiger partial charge on any atom is -0.360 e. The SMILES string of the molecule is CC(=O)Nc1cccc(N/C=C(/C#N)C(=O)Nc2ccc(Cl)c([N+](=O)[O-])c2)c1. The number of carbonyl (C=O) groups is 2. The summed E-state index contributed by atoms with van der Waals surface area (Å²) in [5.41, 5.74) is 0.573. The van der Waals surface area contributed by atoms with E-state index in [1.165, 1.54) is 25.3 Å². The van der Waals surface area contributed by atoms with Crippen LogP contribution in [0.1, 0.15) is 6.92 Å². The van der Waals surface area contributed by atoms with Crippen LogP contribution in [0.5, 0.6) is 0 Å². The zero-order valence-corrected chi connectivity index (χ0v) is 15.3. The Labute approximate surface area is 164 Å². The lowest BCUT2D eigenvalue weighted by atomic mass is 10.2. The van der Waals surface area contributed by atoms with E-state index in [0.717, 1.165) is 6.07 Å². The largest absolute Gasteiger partial charge is 0.360 e. The molecule has 3 N–H and O–H groups in total. The van der Waals surface area contributed by atoms with Gasteiger partial charge in [-0.15, -0.1) is 0 Å². The highest BCUT2D eigenvalue weighted by Gasteiger charge is 2.15. The number of nitrogens with one attached hydrogen (secondary N) is 3. The first kappa shape index (κ1) is 20.4. The number of anilines is 3. The molecule has 0 aliphatic heterocycles. The fourth-order valence-corrected chi connectivity index (χ4v) is 2.31. The summed E-state index contributed by atoms with van der Waals surface area (Å²) >= 11 is 5.73. The van der Waals surface area contributed by atoms with Gasteiger partial charge in [0.25, 0.3) is 11.6 Å². The van der Waals surface area contributed by atoms with Crippen molar-refractivity contribution in [3.63, 3.8) is 0 Å². The normalized spacial score (nSPS) is 10.5. The number of amides is 2. The maximum Gasteiger partial charge on any atom is 0.289 e. The number of nitro benzene ring substituents is 1. The molecule has 0 spiro atoms. The number of carbonyl (C=O) groups excluding carboxylic acids is 2. The molecule has 0 unspecified atom stereocenters. The van der Waals surface area contributed by atoms with Gasteiger partial charge in [-0.05, 0) is 30.3 Å². The minimum absolute atomic E-state index is 0.0697. The smallest absolute Gasteiger partial charge is 0.289 e. The van der Waals surface area contributed by atoms with Gasteiger partial charge in [0, 0.05) is 36.3 Å². The molecule has 0 bridgehead atoms. The van der Waals surface area contributed by atoms with E-state index in [1.807, 2.05) is 0 Å². The minimum atomic E-state index is -0.760. The molecule has 2 aromatic rings. The van der Waals surface area contributed by atoms with Crippen molar-refractivity contribution >= 4 is 46.2 Å². The average molecular weight is 400 g/mol. The number of benzene rings is 2. The molecule has 0 aromatic heterocycles. The van der Waals surface area contributed by atoms with E-state index in [-0.39, 0.29) is 27.9 Å². The zero-order chi connectivity index (χ0) is 20.7. The molecule has 0 fully saturated rings. The summed E-state index contributed by atoms with van der Waals surface area (Å²) in [6.45, 7) is 1.37. The van der Waals surface area contributed by atoms with E-state index in [1.54, 1.807) is 30.3 Å². The number of hydrogen-bond acceptors (Lipinski definition) is 6. The van der Waals surface area contributed by atoms with Gasteiger partial charge in [-0.25, -0.2) is 0 Å². The van der Waals surface area contributed by atoms with Crippen LogP contribution < -0.4 is 16.0 Å². The third-order valence-electron chi connectivity index (χ3n) is 3.33. The second kappa shape index (κ2) is 9.16. The fraction of sp³-hybridized carbons (Fsp3) is 0.0556. The van der Waals surface area contributed by atoms with Gasteiger partial charge in [-0.1, -0.05) is 17.7 Å². The van der Waals surface area contributed by atoms with Crippen molar-refractivity contribution in [2.45, 2.75) is 6.92 Å². The standard InChI is InChI=1S/C18H14ClN5O4/c1-11(25)22-14-4-2-3-13(7-14)21-10-12(9-20)18(26)23-15-5-6-16(19)17(8-15)24(27)28/h2-8,10,21H,1H3,(H,22,25)(H,23,26)/b12-10-. The summed E-state index contributed by atoms with van der Waals surface area (Å²) in [7, 11) is 0. The molecule has 142 valence electrons. The van der Waals surface area contributed by atoms with Crippen molar-refractivity contribution in [2.75, 3.05) is 16.0 Å². The molecule has 2 rings (SSSR count). The summed E-state index contributed by atoms with van der Waals surface area (Å²) in [5.74, 6) is -0.994. The second-order valence-electron chi connectivity index (χ2n) is 5.45. The average Bonchev–Trinajstić information content (AvgIpc) is 2.63. The highest BCUT2D eigenvalue weighted by molar-refractivity contribution is 6.32. The Morgan fingerprint density at radius 2 is 1.82 bits per heavy atom. The van der Waals surface area contributed by atoms with E-state index in [0.29, 0.717) is 11.4 Å². The number of rotatable bonds is 6. The van der Waals surface area contributed by atoms with Crippen LogP contribution in [0.25, 0.3) is 0 Å². The van der Waals surface area contributed by atoms with Gasteiger partial charge >= 0.3 is 0 Å². The van der Waals surface area contributed by atoms with Crippen LogP contribution in [0.3, 0.4) is 0 Å². The molecule has 0 saturated heterocycles. The first-order chi connectivity index (χ1) is 13.3. The third kappa shape index (κ3) is 5.55. The molecule has 2 amide bonds. The molecule has 2 aromatic carbocycles.